The Morgan fingerprint density at radius 3 is 2.55 bits per heavy atom. The van der Waals surface area contributed by atoms with Crippen LogP contribution in [0.1, 0.15) is 39.5 Å². The minimum Gasteiger partial charge on any atom is -0.359 e. The van der Waals surface area contributed by atoms with E-state index < -0.39 is 0 Å². The number of carbonyl (C=O) groups excluding carboxylic acids is 1. The van der Waals surface area contributed by atoms with Crippen molar-refractivity contribution in [3.05, 3.63) is 0 Å². The summed E-state index contributed by atoms with van der Waals surface area (Å²) in [5.74, 6) is 0.814. The molecule has 0 atom stereocenters. The zero-order valence-corrected chi connectivity index (χ0v) is 7.60. The summed E-state index contributed by atoms with van der Waals surface area (Å²) >= 11 is 0. The molecule has 0 rings (SSSR count). The van der Waals surface area contributed by atoms with E-state index in [1.165, 1.54) is 19.3 Å². The van der Waals surface area contributed by atoms with Crippen molar-refractivity contribution < 1.29 is 4.79 Å². The Labute approximate surface area is 69.4 Å². The van der Waals surface area contributed by atoms with Crippen molar-refractivity contribution in [3.63, 3.8) is 0 Å². The standard InChI is InChI=1S/C9H19NO/c1-9(2)6-4-3-5-7-10-8-11/h8-9H,3-7H2,1-2H3,(H,10,11). The van der Waals surface area contributed by atoms with Crippen LogP contribution in [0.4, 0.5) is 0 Å². The fourth-order valence-corrected chi connectivity index (χ4v) is 1.02. The molecule has 1 N–H and O–H groups in total. The second-order valence-corrected chi connectivity index (χ2v) is 3.32. The maximum absolute atomic E-state index is 9.83. The summed E-state index contributed by atoms with van der Waals surface area (Å²) in [6.45, 7) is 5.31. The Bertz CT molecular complexity index is 91.6. The molecule has 0 aliphatic heterocycles. The Hall–Kier alpha value is -0.530. The Kier molecular flexibility index (Phi) is 7.21. The summed E-state index contributed by atoms with van der Waals surface area (Å²) in [6.07, 6.45) is 5.71. The molecule has 1 amide bonds. The van der Waals surface area contributed by atoms with Gasteiger partial charge in [-0.25, -0.2) is 0 Å². The molecular formula is C9H19NO. The molecule has 0 aromatic rings. The molecular weight excluding hydrogens is 138 g/mol. The molecule has 0 heterocycles. The maximum Gasteiger partial charge on any atom is 0.207 e. The van der Waals surface area contributed by atoms with Gasteiger partial charge in [-0.2, -0.15) is 0 Å². The number of unbranched alkanes of at least 4 members (excludes halogenated alkanes) is 2. The minimum absolute atomic E-state index is 0.766. The van der Waals surface area contributed by atoms with Gasteiger partial charge in [-0.05, 0) is 12.3 Å². The number of nitrogens with one attached hydrogen (secondary N) is 1. The van der Waals surface area contributed by atoms with Crippen LogP contribution in [0.3, 0.4) is 0 Å². The van der Waals surface area contributed by atoms with Crippen LogP contribution < -0.4 is 5.32 Å². The largest absolute Gasteiger partial charge is 0.359 e. The highest BCUT2D eigenvalue weighted by atomic mass is 16.1. The molecule has 0 bridgehead atoms. The number of hydrogen-bond acceptors (Lipinski definition) is 1. The van der Waals surface area contributed by atoms with Crippen LogP contribution >= 0.6 is 0 Å². The SMILES string of the molecule is CC(C)CCCCCNC=O. The second kappa shape index (κ2) is 7.58. The van der Waals surface area contributed by atoms with Crippen LogP contribution in [0.15, 0.2) is 0 Å². The van der Waals surface area contributed by atoms with Gasteiger partial charge in [0.25, 0.3) is 0 Å². The van der Waals surface area contributed by atoms with Gasteiger partial charge < -0.3 is 5.32 Å². The van der Waals surface area contributed by atoms with Gasteiger partial charge >= 0.3 is 0 Å². The quantitative estimate of drug-likeness (QED) is 0.444. The third-order valence-electron chi connectivity index (χ3n) is 1.69. The van der Waals surface area contributed by atoms with Crippen molar-refractivity contribution in [2.45, 2.75) is 39.5 Å². The summed E-state index contributed by atoms with van der Waals surface area (Å²) in [6, 6.07) is 0. The minimum atomic E-state index is 0.766. The Morgan fingerprint density at radius 2 is 2.00 bits per heavy atom. The van der Waals surface area contributed by atoms with Gasteiger partial charge in [-0.3, -0.25) is 4.79 Å². The van der Waals surface area contributed by atoms with E-state index in [-0.39, 0.29) is 0 Å². The van der Waals surface area contributed by atoms with E-state index in [9.17, 15) is 4.79 Å². The fourth-order valence-electron chi connectivity index (χ4n) is 1.02. The smallest absolute Gasteiger partial charge is 0.207 e. The van der Waals surface area contributed by atoms with Gasteiger partial charge in [0, 0.05) is 6.54 Å². The normalized spacial score (nSPS) is 10.1. The molecule has 11 heavy (non-hydrogen) atoms. The highest BCUT2D eigenvalue weighted by molar-refractivity contribution is 5.45. The molecule has 2 nitrogen and oxygen atoms in total. The van der Waals surface area contributed by atoms with E-state index in [1.807, 2.05) is 0 Å². The average molecular weight is 157 g/mol. The van der Waals surface area contributed by atoms with E-state index in [2.05, 4.69) is 19.2 Å². The average Bonchev–Trinajstić information content (AvgIpc) is 1.96. The van der Waals surface area contributed by atoms with Gasteiger partial charge in [-0.1, -0.05) is 33.1 Å². The second-order valence-electron chi connectivity index (χ2n) is 3.32. The predicted molar refractivity (Wildman–Crippen MR) is 47.4 cm³/mol. The first-order chi connectivity index (χ1) is 5.27. The molecule has 0 unspecified atom stereocenters. The Morgan fingerprint density at radius 1 is 1.27 bits per heavy atom. The third kappa shape index (κ3) is 9.47. The molecule has 0 aromatic heterocycles. The lowest BCUT2D eigenvalue weighted by Crippen LogP contribution is -2.11. The summed E-state index contributed by atoms with van der Waals surface area (Å²) in [4.78, 5) is 9.83. The van der Waals surface area contributed by atoms with Crippen LogP contribution in [0.5, 0.6) is 0 Å². The van der Waals surface area contributed by atoms with Crippen molar-refractivity contribution in [2.24, 2.45) is 5.92 Å². The molecule has 0 aliphatic carbocycles. The molecule has 0 saturated carbocycles. The van der Waals surface area contributed by atoms with Crippen LogP contribution in [0, 0.1) is 5.92 Å². The zero-order chi connectivity index (χ0) is 8.53. The fraction of sp³-hybridized carbons (Fsp3) is 0.889. The summed E-state index contributed by atoms with van der Waals surface area (Å²) in [5, 5.41) is 2.66. The van der Waals surface area contributed by atoms with Gasteiger partial charge in [0.05, 0.1) is 0 Å². The van der Waals surface area contributed by atoms with Crippen LogP contribution in [-0.2, 0) is 4.79 Å². The van der Waals surface area contributed by atoms with E-state index >= 15 is 0 Å². The zero-order valence-electron chi connectivity index (χ0n) is 7.60. The number of carbonyl (C=O) groups is 1. The van der Waals surface area contributed by atoms with E-state index in [4.69, 9.17) is 0 Å². The van der Waals surface area contributed by atoms with Crippen LogP contribution in [-0.4, -0.2) is 13.0 Å². The first kappa shape index (κ1) is 10.5. The van der Waals surface area contributed by atoms with Crippen LogP contribution in [0.25, 0.3) is 0 Å². The lowest BCUT2D eigenvalue weighted by Gasteiger charge is -2.03. The lowest BCUT2D eigenvalue weighted by molar-refractivity contribution is -0.109. The summed E-state index contributed by atoms with van der Waals surface area (Å²) < 4.78 is 0. The predicted octanol–water partition coefficient (Wildman–Crippen LogP) is 1.95. The topological polar surface area (TPSA) is 29.1 Å². The van der Waals surface area contributed by atoms with Crippen molar-refractivity contribution in [1.82, 2.24) is 5.32 Å². The van der Waals surface area contributed by atoms with Crippen LogP contribution in [0.2, 0.25) is 0 Å². The monoisotopic (exact) mass is 157 g/mol. The van der Waals surface area contributed by atoms with Crippen molar-refractivity contribution in [2.75, 3.05) is 6.54 Å². The van der Waals surface area contributed by atoms with Gasteiger partial charge in [0.1, 0.15) is 0 Å². The molecule has 0 radical (unpaired) electrons. The third-order valence-corrected chi connectivity index (χ3v) is 1.69. The molecule has 0 aliphatic rings. The molecule has 2 heteroatoms. The highest BCUT2D eigenvalue weighted by Crippen LogP contribution is 2.06. The Balaban J connectivity index is 2.85. The first-order valence-corrected chi connectivity index (χ1v) is 4.44. The van der Waals surface area contributed by atoms with E-state index in [1.54, 1.807) is 0 Å². The van der Waals surface area contributed by atoms with Crippen molar-refractivity contribution >= 4 is 6.41 Å². The van der Waals surface area contributed by atoms with E-state index in [0.29, 0.717) is 0 Å². The number of rotatable bonds is 7. The summed E-state index contributed by atoms with van der Waals surface area (Å²) in [7, 11) is 0. The highest BCUT2D eigenvalue weighted by Gasteiger charge is 1.93. The van der Waals surface area contributed by atoms with Crippen molar-refractivity contribution in [3.8, 4) is 0 Å². The van der Waals surface area contributed by atoms with Crippen molar-refractivity contribution in [1.29, 1.82) is 0 Å². The lowest BCUT2D eigenvalue weighted by atomic mass is 10.1. The molecule has 0 aromatic carbocycles. The first-order valence-electron chi connectivity index (χ1n) is 4.44. The summed E-state index contributed by atoms with van der Waals surface area (Å²) in [5.41, 5.74) is 0. The van der Waals surface area contributed by atoms with Gasteiger partial charge in [0.2, 0.25) is 6.41 Å². The number of amides is 1. The van der Waals surface area contributed by atoms with Gasteiger partial charge in [0.15, 0.2) is 0 Å². The van der Waals surface area contributed by atoms with Gasteiger partial charge in [-0.15, -0.1) is 0 Å². The molecule has 0 spiro atoms. The molecule has 0 fully saturated rings. The maximum atomic E-state index is 9.83. The van der Waals surface area contributed by atoms with E-state index in [0.717, 1.165) is 25.3 Å². The molecule has 0 saturated heterocycles. The number of hydrogen-bond donors (Lipinski definition) is 1. The molecule has 66 valence electrons.